The van der Waals surface area contributed by atoms with Crippen molar-refractivity contribution in [2.75, 3.05) is 36.2 Å². The van der Waals surface area contributed by atoms with Crippen molar-refractivity contribution in [3.05, 3.63) is 30.3 Å². The summed E-state index contributed by atoms with van der Waals surface area (Å²) in [5, 5.41) is 6.06. The molecule has 1 amide bonds. The number of hydrazone groups is 1. The number of anilines is 1. The first-order chi connectivity index (χ1) is 11.7. The minimum absolute atomic E-state index is 0.0298. The number of hydrogen-bond acceptors (Lipinski definition) is 6. The Bertz CT molecular complexity index is 629. The molecule has 6 nitrogen and oxygen atoms in total. The maximum atomic E-state index is 13.0. The van der Waals surface area contributed by atoms with Crippen LogP contribution in [0, 0.1) is 0 Å². The number of nitrogens with zero attached hydrogens (tertiary/aromatic N) is 3. The molecule has 2 heterocycles. The maximum Gasteiger partial charge on any atom is 0.354 e. The van der Waals surface area contributed by atoms with E-state index in [0.29, 0.717) is 12.3 Å². The highest BCUT2D eigenvalue weighted by atomic mass is 32.2. The molecule has 1 aromatic rings. The van der Waals surface area contributed by atoms with E-state index in [1.165, 1.54) is 0 Å². The van der Waals surface area contributed by atoms with E-state index in [1.807, 2.05) is 47.0 Å². The Morgan fingerprint density at radius 3 is 2.62 bits per heavy atom. The molecule has 7 heteroatoms. The summed E-state index contributed by atoms with van der Waals surface area (Å²) >= 11 is 1.86. The molecule has 0 radical (unpaired) electrons. The van der Waals surface area contributed by atoms with Gasteiger partial charge >= 0.3 is 5.97 Å². The number of ether oxygens (including phenoxy) is 1. The summed E-state index contributed by atoms with van der Waals surface area (Å²) in [6.07, 6.45) is 0.288. The van der Waals surface area contributed by atoms with Crippen LogP contribution in [0.25, 0.3) is 0 Å². The molecule has 0 bridgehead atoms. The van der Waals surface area contributed by atoms with Crippen LogP contribution in [-0.4, -0.2) is 59.7 Å². The summed E-state index contributed by atoms with van der Waals surface area (Å²) < 4.78 is 5.06. The predicted molar refractivity (Wildman–Crippen MR) is 95.3 cm³/mol. The Morgan fingerprint density at radius 1 is 1.25 bits per heavy atom. The number of carbonyl (C=O) groups excluding carboxylic acids is 2. The fourth-order valence-corrected chi connectivity index (χ4v) is 3.76. The van der Waals surface area contributed by atoms with Gasteiger partial charge in [0.1, 0.15) is 11.8 Å². The van der Waals surface area contributed by atoms with Crippen LogP contribution in [-0.2, 0) is 14.3 Å². The maximum absolute atomic E-state index is 13.0. The molecule has 0 spiro atoms. The molecular formula is C17H21N3O3S. The van der Waals surface area contributed by atoms with Crippen LogP contribution in [0.5, 0.6) is 0 Å². The molecule has 2 aliphatic heterocycles. The lowest BCUT2D eigenvalue weighted by molar-refractivity contribution is -0.135. The third kappa shape index (κ3) is 3.56. The van der Waals surface area contributed by atoms with Gasteiger partial charge in [-0.25, -0.2) is 4.79 Å². The van der Waals surface area contributed by atoms with Gasteiger partial charge in [-0.3, -0.25) is 9.80 Å². The third-order valence-electron chi connectivity index (χ3n) is 4.05. The summed E-state index contributed by atoms with van der Waals surface area (Å²) in [7, 11) is 0. The van der Waals surface area contributed by atoms with Crippen LogP contribution >= 0.6 is 11.8 Å². The van der Waals surface area contributed by atoms with E-state index < -0.39 is 12.0 Å². The average Bonchev–Trinajstić information content (AvgIpc) is 3.08. The Kier molecular flexibility index (Phi) is 5.40. The van der Waals surface area contributed by atoms with Crippen molar-refractivity contribution in [1.29, 1.82) is 0 Å². The Morgan fingerprint density at radius 2 is 1.96 bits per heavy atom. The largest absolute Gasteiger partial charge is 0.461 e. The quantitative estimate of drug-likeness (QED) is 0.777. The lowest BCUT2D eigenvalue weighted by atomic mass is 10.1. The van der Waals surface area contributed by atoms with Crippen LogP contribution in [0.1, 0.15) is 13.3 Å². The van der Waals surface area contributed by atoms with Gasteiger partial charge in [0.2, 0.25) is 5.91 Å². The number of thioether (sulfide) groups is 1. The third-order valence-corrected chi connectivity index (χ3v) is 4.99. The van der Waals surface area contributed by atoms with E-state index >= 15 is 0 Å². The van der Waals surface area contributed by atoms with Crippen molar-refractivity contribution in [2.24, 2.45) is 5.10 Å². The van der Waals surface area contributed by atoms with E-state index in [-0.39, 0.29) is 12.3 Å². The first-order valence-corrected chi connectivity index (χ1v) is 9.31. The number of carbonyl (C=O) groups is 2. The SMILES string of the molecule is CCOC(=O)C1=NN(c2ccccc2)[C@@H](C(=O)N2CCSCC2)C1. The van der Waals surface area contributed by atoms with Crippen LogP contribution in [0.2, 0.25) is 0 Å². The minimum atomic E-state index is -0.477. The van der Waals surface area contributed by atoms with Gasteiger partial charge in [0.05, 0.1) is 12.3 Å². The highest BCUT2D eigenvalue weighted by Crippen LogP contribution is 2.26. The Hall–Kier alpha value is -2.02. The smallest absolute Gasteiger partial charge is 0.354 e. The molecule has 2 aliphatic rings. The first kappa shape index (κ1) is 16.8. The zero-order valence-corrected chi connectivity index (χ0v) is 14.5. The second-order valence-electron chi connectivity index (χ2n) is 5.60. The fourth-order valence-electron chi connectivity index (χ4n) is 2.85. The summed E-state index contributed by atoms with van der Waals surface area (Å²) in [5.74, 6) is 1.50. The van der Waals surface area contributed by atoms with Crippen LogP contribution in [0.3, 0.4) is 0 Å². The summed E-state index contributed by atoms with van der Waals surface area (Å²) in [6, 6.07) is 9.01. The number of amides is 1. The summed E-state index contributed by atoms with van der Waals surface area (Å²) in [4.78, 5) is 26.9. The number of para-hydroxylation sites is 1. The van der Waals surface area contributed by atoms with Crippen molar-refractivity contribution in [2.45, 2.75) is 19.4 Å². The highest BCUT2D eigenvalue weighted by Gasteiger charge is 2.39. The Balaban J connectivity index is 1.83. The van der Waals surface area contributed by atoms with Crippen molar-refractivity contribution in [1.82, 2.24) is 4.90 Å². The lowest BCUT2D eigenvalue weighted by Gasteiger charge is -2.31. The monoisotopic (exact) mass is 347 g/mol. The lowest BCUT2D eigenvalue weighted by Crippen LogP contribution is -2.48. The normalized spacial score (nSPS) is 20.7. The standard InChI is InChI=1S/C17H21N3O3S/c1-2-23-17(22)14-12-15(16(21)19-8-10-24-11-9-19)20(18-14)13-6-4-3-5-7-13/h3-7,15H,2,8-12H2,1H3/t15-/m1/s1. The van der Waals surface area contributed by atoms with Gasteiger partial charge < -0.3 is 9.64 Å². The molecule has 0 saturated carbocycles. The van der Waals surface area contributed by atoms with Crippen molar-refractivity contribution < 1.29 is 14.3 Å². The average molecular weight is 347 g/mol. The zero-order chi connectivity index (χ0) is 16.9. The minimum Gasteiger partial charge on any atom is -0.461 e. The molecule has 0 aliphatic carbocycles. The molecule has 1 fully saturated rings. The topological polar surface area (TPSA) is 62.2 Å². The van der Waals surface area contributed by atoms with Crippen LogP contribution in [0.4, 0.5) is 5.69 Å². The van der Waals surface area contributed by atoms with Gasteiger partial charge in [0.25, 0.3) is 0 Å². The highest BCUT2D eigenvalue weighted by molar-refractivity contribution is 7.99. The Labute approximate surface area is 145 Å². The van der Waals surface area contributed by atoms with Gasteiger partial charge in [-0.2, -0.15) is 16.9 Å². The van der Waals surface area contributed by atoms with Gasteiger partial charge in [-0.1, -0.05) is 18.2 Å². The summed E-state index contributed by atoms with van der Waals surface area (Å²) in [5.41, 5.74) is 1.12. The second-order valence-corrected chi connectivity index (χ2v) is 6.83. The fraction of sp³-hybridized carbons (Fsp3) is 0.471. The van der Waals surface area contributed by atoms with Gasteiger partial charge in [0, 0.05) is 31.0 Å². The van der Waals surface area contributed by atoms with Gasteiger partial charge in [-0.05, 0) is 19.1 Å². The van der Waals surface area contributed by atoms with Gasteiger partial charge in [-0.15, -0.1) is 0 Å². The van der Waals surface area contributed by atoms with E-state index in [2.05, 4.69) is 5.10 Å². The molecule has 1 atom stereocenters. The number of benzene rings is 1. The molecule has 1 saturated heterocycles. The zero-order valence-electron chi connectivity index (χ0n) is 13.7. The molecular weight excluding hydrogens is 326 g/mol. The molecule has 128 valence electrons. The molecule has 24 heavy (non-hydrogen) atoms. The molecule has 0 unspecified atom stereocenters. The molecule has 3 rings (SSSR count). The van der Waals surface area contributed by atoms with E-state index in [4.69, 9.17) is 4.74 Å². The number of rotatable bonds is 4. The van der Waals surface area contributed by atoms with Gasteiger partial charge in [0.15, 0.2) is 0 Å². The molecule has 0 aromatic heterocycles. The van der Waals surface area contributed by atoms with Crippen molar-refractivity contribution in [3.63, 3.8) is 0 Å². The van der Waals surface area contributed by atoms with E-state index in [1.54, 1.807) is 11.9 Å². The number of hydrogen-bond donors (Lipinski definition) is 0. The van der Waals surface area contributed by atoms with Crippen LogP contribution < -0.4 is 5.01 Å². The number of esters is 1. The second kappa shape index (κ2) is 7.70. The van der Waals surface area contributed by atoms with E-state index in [9.17, 15) is 9.59 Å². The summed E-state index contributed by atoms with van der Waals surface area (Å²) in [6.45, 7) is 3.55. The first-order valence-electron chi connectivity index (χ1n) is 8.16. The van der Waals surface area contributed by atoms with Crippen molar-refractivity contribution >= 4 is 35.0 Å². The van der Waals surface area contributed by atoms with Crippen molar-refractivity contribution in [3.8, 4) is 0 Å². The molecule has 1 aromatic carbocycles. The van der Waals surface area contributed by atoms with Crippen LogP contribution in [0.15, 0.2) is 35.4 Å². The predicted octanol–water partition coefficient (Wildman–Crippen LogP) is 1.76. The molecule has 0 N–H and O–H groups in total. The van der Waals surface area contributed by atoms with E-state index in [0.717, 1.165) is 30.3 Å².